The van der Waals surface area contributed by atoms with Crippen LogP contribution in [0.2, 0.25) is 0 Å². The Hall–Kier alpha value is -2.62. The average molecular weight is 280 g/mol. The predicted octanol–water partition coefficient (Wildman–Crippen LogP) is 2.29. The molecule has 0 aromatic heterocycles. The molecule has 0 fully saturated rings. The Morgan fingerprint density at radius 2 is 1.86 bits per heavy atom. The third-order valence-corrected chi connectivity index (χ3v) is 3.63. The van der Waals surface area contributed by atoms with Gasteiger partial charge in [-0.25, -0.2) is 0 Å². The summed E-state index contributed by atoms with van der Waals surface area (Å²) in [5.41, 5.74) is 3.51. The molecule has 0 spiro atoms. The van der Waals surface area contributed by atoms with Crippen LogP contribution in [0.25, 0.3) is 0 Å². The summed E-state index contributed by atoms with van der Waals surface area (Å²) in [5.74, 6) is -0.399. The maximum atomic E-state index is 12.2. The minimum Gasteiger partial charge on any atom is -0.340 e. The fourth-order valence-corrected chi connectivity index (χ4v) is 2.42. The lowest BCUT2D eigenvalue weighted by Gasteiger charge is -2.25. The van der Waals surface area contributed by atoms with E-state index in [0.717, 1.165) is 16.8 Å². The molecule has 21 heavy (non-hydrogen) atoms. The molecule has 106 valence electrons. The Balaban J connectivity index is 1.75. The summed E-state index contributed by atoms with van der Waals surface area (Å²) in [6.07, 6.45) is 0.514. The van der Waals surface area contributed by atoms with E-state index in [4.69, 9.17) is 0 Å². The minimum absolute atomic E-state index is 0.172. The summed E-state index contributed by atoms with van der Waals surface area (Å²) in [7, 11) is 0. The zero-order chi connectivity index (χ0) is 14.8. The number of carbonyl (C=O) groups is 2. The number of hydrogen-bond donors (Lipinski definition) is 2. The van der Waals surface area contributed by atoms with Crippen LogP contribution < -0.4 is 10.6 Å². The van der Waals surface area contributed by atoms with E-state index in [0.29, 0.717) is 12.0 Å². The summed E-state index contributed by atoms with van der Waals surface area (Å²) in [6, 6.07) is 14.4. The van der Waals surface area contributed by atoms with Crippen LogP contribution in [0.1, 0.15) is 21.5 Å². The van der Waals surface area contributed by atoms with Crippen LogP contribution in [0.4, 0.5) is 5.69 Å². The molecule has 0 aliphatic carbocycles. The van der Waals surface area contributed by atoms with Crippen LogP contribution in [-0.4, -0.2) is 17.9 Å². The van der Waals surface area contributed by atoms with Crippen molar-refractivity contribution in [3.05, 3.63) is 65.2 Å². The van der Waals surface area contributed by atoms with Crippen LogP contribution in [-0.2, 0) is 11.2 Å². The van der Waals surface area contributed by atoms with Gasteiger partial charge in [0.25, 0.3) is 5.91 Å². The lowest BCUT2D eigenvalue weighted by Crippen LogP contribution is -2.47. The van der Waals surface area contributed by atoms with Gasteiger partial charge in [0.15, 0.2) is 0 Å². The molecular weight excluding hydrogens is 264 g/mol. The monoisotopic (exact) mass is 280 g/mol. The van der Waals surface area contributed by atoms with Crippen molar-refractivity contribution in [3.8, 4) is 0 Å². The van der Waals surface area contributed by atoms with Gasteiger partial charge in [-0.3, -0.25) is 9.59 Å². The summed E-state index contributed by atoms with van der Waals surface area (Å²) in [4.78, 5) is 24.2. The van der Waals surface area contributed by atoms with Gasteiger partial charge in [-0.05, 0) is 30.7 Å². The van der Waals surface area contributed by atoms with Crippen molar-refractivity contribution in [2.45, 2.75) is 19.4 Å². The van der Waals surface area contributed by atoms with E-state index >= 15 is 0 Å². The van der Waals surface area contributed by atoms with Gasteiger partial charge in [-0.15, -0.1) is 0 Å². The van der Waals surface area contributed by atoms with E-state index in [1.165, 1.54) is 0 Å². The molecule has 2 amide bonds. The second-order valence-electron chi connectivity index (χ2n) is 5.24. The van der Waals surface area contributed by atoms with Crippen LogP contribution >= 0.6 is 0 Å². The average Bonchev–Trinajstić information content (AvgIpc) is 2.48. The molecule has 0 saturated heterocycles. The van der Waals surface area contributed by atoms with Crippen molar-refractivity contribution < 1.29 is 9.59 Å². The summed E-state index contributed by atoms with van der Waals surface area (Å²) in [5, 5.41) is 5.62. The van der Waals surface area contributed by atoms with E-state index in [2.05, 4.69) is 10.6 Å². The van der Waals surface area contributed by atoms with Crippen molar-refractivity contribution >= 4 is 17.5 Å². The first-order chi connectivity index (χ1) is 10.1. The molecule has 1 aliphatic heterocycles. The molecule has 1 heterocycles. The number of nitrogens with one attached hydrogen (secondary N) is 2. The topological polar surface area (TPSA) is 58.2 Å². The molecule has 0 radical (unpaired) electrons. The molecule has 0 bridgehead atoms. The first kappa shape index (κ1) is 13.4. The van der Waals surface area contributed by atoms with Crippen LogP contribution in [0.15, 0.2) is 48.5 Å². The highest BCUT2D eigenvalue weighted by molar-refractivity contribution is 6.03. The van der Waals surface area contributed by atoms with Gasteiger partial charge in [0, 0.05) is 17.7 Å². The molecular formula is C17H16N2O2. The second kappa shape index (κ2) is 5.40. The lowest BCUT2D eigenvalue weighted by atomic mass is 9.98. The maximum absolute atomic E-state index is 12.2. The smallest absolute Gasteiger partial charge is 0.251 e. The van der Waals surface area contributed by atoms with Crippen LogP contribution in [0.3, 0.4) is 0 Å². The summed E-state index contributed by atoms with van der Waals surface area (Å²) < 4.78 is 0. The molecule has 2 aromatic rings. The van der Waals surface area contributed by atoms with E-state index in [1.54, 1.807) is 12.1 Å². The Bertz CT molecular complexity index is 692. The number of fused-ring (bicyclic) bond motifs is 1. The van der Waals surface area contributed by atoms with Gasteiger partial charge in [0.2, 0.25) is 5.91 Å². The van der Waals surface area contributed by atoms with Gasteiger partial charge in [-0.1, -0.05) is 35.9 Å². The van der Waals surface area contributed by atoms with Crippen LogP contribution in [0, 0.1) is 6.92 Å². The third-order valence-electron chi connectivity index (χ3n) is 3.63. The number of aryl methyl sites for hydroxylation is 1. The number of carbonyl (C=O) groups excluding carboxylic acids is 2. The van der Waals surface area contributed by atoms with E-state index in [9.17, 15) is 9.59 Å². The molecule has 0 unspecified atom stereocenters. The SMILES string of the molecule is Cc1ccc(C(=O)N[C@H]2Cc3ccccc3NC2=O)cc1. The zero-order valence-electron chi connectivity index (χ0n) is 11.7. The molecule has 2 aromatic carbocycles. The number of amides is 2. The van der Waals surface area contributed by atoms with Crippen molar-refractivity contribution in [3.63, 3.8) is 0 Å². The zero-order valence-corrected chi connectivity index (χ0v) is 11.7. The molecule has 2 N–H and O–H groups in total. The Morgan fingerprint density at radius 1 is 1.14 bits per heavy atom. The Kier molecular flexibility index (Phi) is 3.44. The van der Waals surface area contributed by atoms with Gasteiger partial charge in [0.1, 0.15) is 6.04 Å². The first-order valence-corrected chi connectivity index (χ1v) is 6.90. The molecule has 3 rings (SSSR count). The summed E-state index contributed by atoms with van der Waals surface area (Å²) in [6.45, 7) is 1.97. The Morgan fingerprint density at radius 3 is 2.62 bits per heavy atom. The van der Waals surface area contributed by atoms with E-state index in [1.807, 2.05) is 43.3 Å². The van der Waals surface area contributed by atoms with Gasteiger partial charge in [0.05, 0.1) is 0 Å². The molecule has 0 saturated carbocycles. The van der Waals surface area contributed by atoms with E-state index in [-0.39, 0.29) is 11.8 Å². The van der Waals surface area contributed by atoms with Crippen molar-refractivity contribution in [1.82, 2.24) is 5.32 Å². The number of para-hydroxylation sites is 1. The van der Waals surface area contributed by atoms with Crippen LogP contribution in [0.5, 0.6) is 0 Å². The highest BCUT2D eigenvalue weighted by Gasteiger charge is 2.27. The van der Waals surface area contributed by atoms with Crippen molar-refractivity contribution in [1.29, 1.82) is 0 Å². The summed E-state index contributed by atoms with van der Waals surface area (Å²) >= 11 is 0. The van der Waals surface area contributed by atoms with Gasteiger partial charge in [-0.2, -0.15) is 0 Å². The number of anilines is 1. The standard InChI is InChI=1S/C17H16N2O2/c1-11-6-8-12(9-7-11)16(20)19-15-10-13-4-2-3-5-14(13)18-17(15)21/h2-9,15H,10H2,1H3,(H,18,21)(H,19,20)/t15-/m0/s1. The lowest BCUT2D eigenvalue weighted by molar-refractivity contribution is -0.118. The van der Waals surface area contributed by atoms with Gasteiger partial charge < -0.3 is 10.6 Å². The van der Waals surface area contributed by atoms with Crippen molar-refractivity contribution in [2.75, 3.05) is 5.32 Å². The number of hydrogen-bond acceptors (Lipinski definition) is 2. The fourth-order valence-electron chi connectivity index (χ4n) is 2.42. The van der Waals surface area contributed by atoms with Crippen molar-refractivity contribution in [2.24, 2.45) is 0 Å². The molecule has 1 aliphatic rings. The highest BCUT2D eigenvalue weighted by atomic mass is 16.2. The maximum Gasteiger partial charge on any atom is 0.251 e. The second-order valence-corrected chi connectivity index (χ2v) is 5.24. The third kappa shape index (κ3) is 2.79. The largest absolute Gasteiger partial charge is 0.340 e. The predicted molar refractivity (Wildman–Crippen MR) is 81.2 cm³/mol. The first-order valence-electron chi connectivity index (χ1n) is 6.90. The minimum atomic E-state index is -0.534. The van der Waals surface area contributed by atoms with Gasteiger partial charge >= 0.3 is 0 Å². The number of benzene rings is 2. The van der Waals surface area contributed by atoms with E-state index < -0.39 is 6.04 Å². The molecule has 4 heteroatoms. The highest BCUT2D eigenvalue weighted by Crippen LogP contribution is 2.22. The quantitative estimate of drug-likeness (QED) is 0.886. The Labute approximate surface area is 123 Å². The molecule has 4 nitrogen and oxygen atoms in total. The normalized spacial score (nSPS) is 16.8. The molecule has 1 atom stereocenters. The number of rotatable bonds is 2. The fraction of sp³-hybridized carbons (Fsp3) is 0.176.